The second kappa shape index (κ2) is 7.33. The monoisotopic (exact) mass is 258 g/mol. The van der Waals surface area contributed by atoms with Crippen LogP contribution in [0.1, 0.15) is 26.7 Å². The second-order valence-corrected chi connectivity index (χ2v) is 4.51. The molecule has 1 saturated heterocycles. The van der Waals surface area contributed by atoms with Crippen molar-refractivity contribution in [2.45, 2.75) is 38.8 Å². The van der Waals surface area contributed by atoms with Crippen molar-refractivity contribution in [3.63, 3.8) is 0 Å². The van der Waals surface area contributed by atoms with E-state index in [0.717, 1.165) is 13.0 Å². The molecule has 0 aliphatic carbocycles. The Balaban J connectivity index is 2.51. The quantitative estimate of drug-likeness (QED) is 0.597. The van der Waals surface area contributed by atoms with Gasteiger partial charge < -0.3 is 20.5 Å². The van der Waals surface area contributed by atoms with E-state index in [1.807, 2.05) is 0 Å². The molecule has 6 heteroatoms. The number of amides is 1. The second-order valence-electron chi connectivity index (χ2n) is 4.51. The van der Waals surface area contributed by atoms with Crippen LogP contribution in [0.5, 0.6) is 0 Å². The predicted octanol–water partition coefficient (Wildman–Crippen LogP) is -0.0196. The van der Waals surface area contributed by atoms with Crippen LogP contribution in [0.3, 0.4) is 0 Å². The Morgan fingerprint density at radius 2 is 2.11 bits per heavy atom. The summed E-state index contributed by atoms with van der Waals surface area (Å²) < 4.78 is 5.29. The van der Waals surface area contributed by atoms with E-state index in [2.05, 4.69) is 17.6 Å². The maximum Gasteiger partial charge on any atom is 0.326 e. The van der Waals surface area contributed by atoms with Gasteiger partial charge in [0.25, 0.3) is 0 Å². The number of carbonyl (C=O) groups excluding carboxylic acids is 1. The minimum Gasteiger partial charge on any atom is -0.480 e. The fourth-order valence-electron chi connectivity index (χ4n) is 1.96. The lowest BCUT2D eigenvalue weighted by atomic mass is 10.0. The van der Waals surface area contributed by atoms with E-state index < -0.39 is 12.0 Å². The zero-order valence-corrected chi connectivity index (χ0v) is 10.9. The molecule has 1 fully saturated rings. The summed E-state index contributed by atoms with van der Waals surface area (Å²) in [5.41, 5.74) is 0. The van der Waals surface area contributed by atoms with Crippen LogP contribution in [-0.4, -0.2) is 48.8 Å². The third-order valence-electron chi connectivity index (χ3n) is 3.10. The first kappa shape index (κ1) is 14.9. The van der Waals surface area contributed by atoms with Gasteiger partial charge in [-0.25, -0.2) is 4.79 Å². The maximum absolute atomic E-state index is 12.0. The van der Waals surface area contributed by atoms with Crippen molar-refractivity contribution >= 4 is 11.9 Å². The summed E-state index contributed by atoms with van der Waals surface area (Å²) in [6.07, 6.45) is 1.36. The van der Waals surface area contributed by atoms with Gasteiger partial charge in [0.15, 0.2) is 0 Å². The van der Waals surface area contributed by atoms with Gasteiger partial charge in [-0.2, -0.15) is 0 Å². The topological polar surface area (TPSA) is 87.7 Å². The molecule has 3 atom stereocenters. The number of rotatable bonds is 7. The lowest BCUT2D eigenvalue weighted by Gasteiger charge is -2.20. The third-order valence-corrected chi connectivity index (χ3v) is 3.10. The van der Waals surface area contributed by atoms with Gasteiger partial charge in [-0.3, -0.25) is 4.79 Å². The summed E-state index contributed by atoms with van der Waals surface area (Å²) in [7, 11) is 0. The van der Waals surface area contributed by atoms with Crippen LogP contribution in [0.15, 0.2) is 0 Å². The van der Waals surface area contributed by atoms with E-state index in [1.54, 1.807) is 6.92 Å². The molecule has 0 bridgehead atoms. The molecule has 0 aromatic carbocycles. The number of hydrogen-bond acceptors (Lipinski definition) is 4. The highest BCUT2D eigenvalue weighted by molar-refractivity contribution is 5.85. The molecule has 1 amide bonds. The highest BCUT2D eigenvalue weighted by atomic mass is 16.5. The van der Waals surface area contributed by atoms with Gasteiger partial charge in [-0.15, -0.1) is 0 Å². The van der Waals surface area contributed by atoms with E-state index in [4.69, 9.17) is 9.84 Å². The third kappa shape index (κ3) is 3.96. The van der Waals surface area contributed by atoms with Crippen molar-refractivity contribution in [2.24, 2.45) is 5.92 Å². The molecule has 3 N–H and O–H groups in total. The van der Waals surface area contributed by atoms with Crippen molar-refractivity contribution < 1.29 is 19.4 Å². The van der Waals surface area contributed by atoms with Crippen LogP contribution in [0.4, 0.5) is 0 Å². The number of aliphatic carboxylic acids is 1. The summed E-state index contributed by atoms with van der Waals surface area (Å²) in [6, 6.07) is -0.832. The van der Waals surface area contributed by atoms with Gasteiger partial charge in [0.1, 0.15) is 6.04 Å². The summed E-state index contributed by atoms with van der Waals surface area (Å²) >= 11 is 0. The lowest BCUT2D eigenvalue weighted by Crippen LogP contribution is -2.49. The lowest BCUT2D eigenvalue weighted by molar-refractivity contribution is -0.142. The first-order chi connectivity index (χ1) is 8.60. The van der Waals surface area contributed by atoms with E-state index in [0.29, 0.717) is 19.6 Å². The Bertz CT molecular complexity index is 296. The van der Waals surface area contributed by atoms with Gasteiger partial charge in [0, 0.05) is 6.04 Å². The molecule has 2 unspecified atom stereocenters. The number of carbonyl (C=O) groups is 2. The number of carboxylic acids is 1. The molecule has 0 aromatic rings. The molecule has 104 valence electrons. The molecular formula is C12H22N2O4. The standard InChI is InChI=1S/C12H22N2O4/c1-3-5-13-10-7-18-6-8(10)11(15)14-9(4-2)12(16)17/h8-10,13H,3-7H2,1-2H3,(H,14,15)(H,16,17)/t8?,9-,10?/m0/s1. The molecule has 1 heterocycles. The molecule has 1 aliphatic heterocycles. The van der Waals surface area contributed by atoms with E-state index >= 15 is 0 Å². The highest BCUT2D eigenvalue weighted by Gasteiger charge is 2.35. The normalized spacial score (nSPS) is 24.8. The Hall–Kier alpha value is -1.14. The molecule has 1 aliphatic rings. The zero-order chi connectivity index (χ0) is 13.5. The SMILES string of the molecule is CCCNC1COCC1C(=O)N[C@@H](CC)C(=O)O. The van der Waals surface area contributed by atoms with Crippen LogP contribution in [-0.2, 0) is 14.3 Å². The fourth-order valence-corrected chi connectivity index (χ4v) is 1.96. The molecule has 0 spiro atoms. The number of carboxylic acid groups (broad SMARTS) is 1. The van der Waals surface area contributed by atoms with Crippen molar-refractivity contribution in [3.8, 4) is 0 Å². The van der Waals surface area contributed by atoms with Crippen LogP contribution in [0, 0.1) is 5.92 Å². The molecule has 1 rings (SSSR count). The summed E-state index contributed by atoms with van der Waals surface area (Å²) in [4.78, 5) is 22.9. The van der Waals surface area contributed by atoms with Gasteiger partial charge in [0.05, 0.1) is 19.1 Å². The van der Waals surface area contributed by atoms with Crippen molar-refractivity contribution in [1.82, 2.24) is 10.6 Å². The zero-order valence-electron chi connectivity index (χ0n) is 10.9. The summed E-state index contributed by atoms with van der Waals surface area (Å²) in [5, 5.41) is 14.7. The summed E-state index contributed by atoms with van der Waals surface area (Å²) in [5.74, 6) is -1.54. The predicted molar refractivity (Wildman–Crippen MR) is 66.2 cm³/mol. The van der Waals surface area contributed by atoms with Crippen molar-refractivity contribution in [3.05, 3.63) is 0 Å². The molecule has 18 heavy (non-hydrogen) atoms. The first-order valence-corrected chi connectivity index (χ1v) is 6.44. The van der Waals surface area contributed by atoms with Crippen molar-refractivity contribution in [2.75, 3.05) is 19.8 Å². The van der Waals surface area contributed by atoms with Gasteiger partial charge in [-0.1, -0.05) is 13.8 Å². The molecule has 0 radical (unpaired) electrons. The Morgan fingerprint density at radius 1 is 1.39 bits per heavy atom. The molecule has 0 saturated carbocycles. The van der Waals surface area contributed by atoms with E-state index in [1.165, 1.54) is 0 Å². The minimum atomic E-state index is -0.997. The Labute approximate surface area is 107 Å². The largest absolute Gasteiger partial charge is 0.480 e. The summed E-state index contributed by atoms with van der Waals surface area (Å²) in [6.45, 7) is 5.46. The van der Waals surface area contributed by atoms with Crippen LogP contribution < -0.4 is 10.6 Å². The molecule has 0 aromatic heterocycles. The average molecular weight is 258 g/mol. The van der Waals surface area contributed by atoms with E-state index in [-0.39, 0.29) is 17.9 Å². The molecular weight excluding hydrogens is 236 g/mol. The number of hydrogen-bond donors (Lipinski definition) is 3. The molecule has 6 nitrogen and oxygen atoms in total. The maximum atomic E-state index is 12.0. The smallest absolute Gasteiger partial charge is 0.326 e. The Kier molecular flexibility index (Phi) is 6.07. The van der Waals surface area contributed by atoms with Gasteiger partial charge >= 0.3 is 5.97 Å². The van der Waals surface area contributed by atoms with Gasteiger partial charge in [-0.05, 0) is 19.4 Å². The number of ether oxygens (including phenoxy) is 1. The first-order valence-electron chi connectivity index (χ1n) is 6.44. The average Bonchev–Trinajstić information content (AvgIpc) is 2.80. The fraction of sp³-hybridized carbons (Fsp3) is 0.833. The Morgan fingerprint density at radius 3 is 2.67 bits per heavy atom. The van der Waals surface area contributed by atoms with Crippen molar-refractivity contribution in [1.29, 1.82) is 0 Å². The van der Waals surface area contributed by atoms with Crippen LogP contribution in [0.25, 0.3) is 0 Å². The minimum absolute atomic E-state index is 0.0174. The van der Waals surface area contributed by atoms with Crippen LogP contribution >= 0.6 is 0 Å². The number of nitrogens with one attached hydrogen (secondary N) is 2. The van der Waals surface area contributed by atoms with Crippen LogP contribution in [0.2, 0.25) is 0 Å². The highest BCUT2D eigenvalue weighted by Crippen LogP contribution is 2.14. The van der Waals surface area contributed by atoms with E-state index in [9.17, 15) is 9.59 Å². The van der Waals surface area contributed by atoms with Gasteiger partial charge in [0.2, 0.25) is 5.91 Å².